The predicted molar refractivity (Wildman–Crippen MR) is 52.2 cm³/mol. The van der Waals surface area contributed by atoms with Crippen LogP contribution < -0.4 is 5.32 Å². The lowest BCUT2D eigenvalue weighted by Gasteiger charge is -2.12. The number of amidine groups is 1. The Kier molecular flexibility index (Phi) is 3.10. The third-order valence-corrected chi connectivity index (χ3v) is 2.20. The summed E-state index contributed by atoms with van der Waals surface area (Å²) < 4.78 is 4.88. The summed E-state index contributed by atoms with van der Waals surface area (Å²) in [6, 6.07) is 0. The molecule has 1 N–H and O–H groups in total. The van der Waals surface area contributed by atoms with Gasteiger partial charge in [0.05, 0.1) is 5.84 Å². The van der Waals surface area contributed by atoms with Crippen molar-refractivity contribution in [2.24, 2.45) is 4.99 Å². The van der Waals surface area contributed by atoms with Gasteiger partial charge in [0.2, 0.25) is 5.89 Å². The normalized spacial score (nSPS) is 16.4. The molecule has 2 heterocycles. The molecule has 5 nitrogen and oxygen atoms in total. The maximum Gasteiger partial charge on any atom is 0.228 e. The molecule has 0 unspecified atom stereocenters. The zero-order chi connectivity index (χ0) is 9.64. The molecule has 0 aliphatic carbocycles. The summed E-state index contributed by atoms with van der Waals surface area (Å²) in [7, 11) is 0. The van der Waals surface area contributed by atoms with Crippen LogP contribution in [0.3, 0.4) is 0 Å². The first-order chi connectivity index (χ1) is 6.95. The van der Waals surface area contributed by atoms with Crippen LogP contribution in [-0.4, -0.2) is 29.1 Å². The molecule has 0 spiro atoms. The molecular weight excluding hydrogens is 180 g/mol. The van der Waals surface area contributed by atoms with Gasteiger partial charge < -0.3 is 9.84 Å². The highest BCUT2D eigenvalue weighted by atomic mass is 16.5. The molecule has 0 saturated carbocycles. The Morgan fingerprint density at radius 3 is 3.14 bits per heavy atom. The average Bonchev–Trinajstić information content (AvgIpc) is 2.72. The Morgan fingerprint density at radius 2 is 2.43 bits per heavy atom. The topological polar surface area (TPSA) is 63.3 Å². The minimum absolute atomic E-state index is 0.675. The molecule has 1 aliphatic rings. The second-order valence-corrected chi connectivity index (χ2v) is 3.30. The number of rotatable bonds is 3. The SMILES string of the molecule is c1noc(CCNC2=NCCCC2)n1. The molecule has 0 radical (unpaired) electrons. The zero-order valence-electron chi connectivity index (χ0n) is 8.07. The van der Waals surface area contributed by atoms with Gasteiger partial charge in [0.1, 0.15) is 0 Å². The predicted octanol–water partition coefficient (Wildman–Crippen LogP) is 0.784. The van der Waals surface area contributed by atoms with Crippen LogP contribution in [-0.2, 0) is 6.42 Å². The summed E-state index contributed by atoms with van der Waals surface area (Å²) in [5.74, 6) is 1.80. The third-order valence-electron chi connectivity index (χ3n) is 2.20. The third kappa shape index (κ3) is 2.55. The van der Waals surface area contributed by atoms with E-state index in [4.69, 9.17) is 4.52 Å². The lowest BCUT2D eigenvalue weighted by Crippen LogP contribution is -2.27. The average molecular weight is 194 g/mol. The quantitative estimate of drug-likeness (QED) is 0.772. The van der Waals surface area contributed by atoms with E-state index in [1.165, 1.54) is 19.2 Å². The molecule has 0 fully saturated rings. The van der Waals surface area contributed by atoms with E-state index in [-0.39, 0.29) is 0 Å². The van der Waals surface area contributed by atoms with Gasteiger partial charge in [0.25, 0.3) is 0 Å². The van der Waals surface area contributed by atoms with Crippen LogP contribution in [0.5, 0.6) is 0 Å². The van der Waals surface area contributed by atoms with E-state index in [9.17, 15) is 0 Å². The largest absolute Gasteiger partial charge is 0.373 e. The monoisotopic (exact) mass is 194 g/mol. The molecule has 1 aliphatic heterocycles. The number of hydrogen-bond donors (Lipinski definition) is 1. The Balaban J connectivity index is 1.70. The van der Waals surface area contributed by atoms with Crippen LogP contribution >= 0.6 is 0 Å². The summed E-state index contributed by atoms with van der Waals surface area (Å²) in [5, 5.41) is 6.83. The second kappa shape index (κ2) is 4.74. The lowest BCUT2D eigenvalue weighted by atomic mass is 10.2. The molecular formula is C9H14N4O. The van der Waals surface area contributed by atoms with Crippen molar-refractivity contribution in [2.45, 2.75) is 25.7 Å². The molecule has 1 aromatic heterocycles. The van der Waals surface area contributed by atoms with E-state index < -0.39 is 0 Å². The van der Waals surface area contributed by atoms with Crippen molar-refractivity contribution >= 4 is 5.84 Å². The number of nitrogens with zero attached hydrogens (tertiary/aromatic N) is 3. The summed E-state index contributed by atoms with van der Waals surface area (Å²) >= 11 is 0. The minimum Gasteiger partial charge on any atom is -0.373 e. The van der Waals surface area contributed by atoms with Gasteiger partial charge in [0, 0.05) is 25.9 Å². The van der Waals surface area contributed by atoms with E-state index >= 15 is 0 Å². The van der Waals surface area contributed by atoms with Gasteiger partial charge in [-0.3, -0.25) is 4.99 Å². The number of hydrogen-bond acceptors (Lipinski definition) is 5. The van der Waals surface area contributed by atoms with Crippen molar-refractivity contribution in [2.75, 3.05) is 13.1 Å². The first kappa shape index (κ1) is 9.18. The van der Waals surface area contributed by atoms with Crippen LogP contribution in [0.1, 0.15) is 25.2 Å². The first-order valence-corrected chi connectivity index (χ1v) is 4.98. The van der Waals surface area contributed by atoms with Gasteiger partial charge >= 0.3 is 0 Å². The zero-order valence-corrected chi connectivity index (χ0v) is 8.07. The van der Waals surface area contributed by atoms with Crippen LogP contribution in [0.4, 0.5) is 0 Å². The van der Waals surface area contributed by atoms with Crippen LogP contribution in [0.25, 0.3) is 0 Å². The van der Waals surface area contributed by atoms with Gasteiger partial charge in [-0.25, -0.2) is 0 Å². The van der Waals surface area contributed by atoms with E-state index in [0.717, 1.165) is 31.8 Å². The number of aliphatic imine (C=N–C) groups is 1. The minimum atomic E-state index is 0.675. The molecule has 0 aromatic carbocycles. The van der Waals surface area contributed by atoms with Crippen LogP contribution in [0, 0.1) is 0 Å². The van der Waals surface area contributed by atoms with Crippen molar-refractivity contribution in [3.05, 3.63) is 12.2 Å². The Hall–Kier alpha value is -1.39. The molecule has 76 valence electrons. The maximum absolute atomic E-state index is 4.88. The Labute approximate surface area is 82.6 Å². The molecule has 0 amide bonds. The van der Waals surface area contributed by atoms with Gasteiger partial charge in [-0.05, 0) is 12.8 Å². The van der Waals surface area contributed by atoms with Gasteiger partial charge in [-0.15, -0.1) is 0 Å². The standard InChI is InChI=1S/C9H14N4O/c1-2-5-10-8(3-1)11-6-4-9-12-7-13-14-9/h7H,1-6H2,(H,10,11). The van der Waals surface area contributed by atoms with Gasteiger partial charge in [-0.2, -0.15) is 4.98 Å². The lowest BCUT2D eigenvalue weighted by molar-refractivity contribution is 0.377. The fraction of sp³-hybridized carbons (Fsp3) is 0.667. The molecule has 1 aromatic rings. The molecule has 0 atom stereocenters. The Bertz CT molecular complexity index is 294. The van der Waals surface area contributed by atoms with E-state index in [0.29, 0.717) is 5.89 Å². The highest BCUT2D eigenvalue weighted by molar-refractivity contribution is 5.82. The molecule has 0 bridgehead atoms. The van der Waals surface area contributed by atoms with Crippen molar-refractivity contribution in [3.8, 4) is 0 Å². The second-order valence-electron chi connectivity index (χ2n) is 3.30. The van der Waals surface area contributed by atoms with Crippen LogP contribution in [0.2, 0.25) is 0 Å². The molecule has 2 rings (SSSR count). The molecule has 0 saturated heterocycles. The van der Waals surface area contributed by atoms with Crippen molar-refractivity contribution < 1.29 is 4.52 Å². The summed E-state index contributed by atoms with van der Waals surface area (Å²) in [6.07, 6.45) is 5.72. The van der Waals surface area contributed by atoms with Crippen LogP contribution in [0.15, 0.2) is 15.8 Å². The van der Waals surface area contributed by atoms with E-state index in [1.807, 2.05) is 0 Å². The molecule has 14 heavy (non-hydrogen) atoms. The Morgan fingerprint density at radius 1 is 1.43 bits per heavy atom. The summed E-state index contributed by atoms with van der Waals surface area (Å²) in [5.41, 5.74) is 0. The van der Waals surface area contributed by atoms with Crippen molar-refractivity contribution in [1.29, 1.82) is 0 Å². The maximum atomic E-state index is 4.88. The molecule has 5 heteroatoms. The summed E-state index contributed by atoms with van der Waals surface area (Å²) in [4.78, 5) is 8.33. The van der Waals surface area contributed by atoms with E-state index in [1.54, 1.807) is 0 Å². The van der Waals surface area contributed by atoms with E-state index in [2.05, 4.69) is 20.4 Å². The fourth-order valence-corrected chi connectivity index (χ4v) is 1.46. The fourth-order valence-electron chi connectivity index (χ4n) is 1.46. The smallest absolute Gasteiger partial charge is 0.228 e. The van der Waals surface area contributed by atoms with Gasteiger partial charge in [-0.1, -0.05) is 5.16 Å². The summed E-state index contributed by atoms with van der Waals surface area (Å²) in [6.45, 7) is 1.78. The first-order valence-electron chi connectivity index (χ1n) is 4.98. The van der Waals surface area contributed by atoms with Crippen molar-refractivity contribution in [1.82, 2.24) is 15.5 Å². The van der Waals surface area contributed by atoms with Gasteiger partial charge in [0.15, 0.2) is 6.33 Å². The number of nitrogens with one attached hydrogen (secondary N) is 1. The van der Waals surface area contributed by atoms with Crippen molar-refractivity contribution in [3.63, 3.8) is 0 Å². The highest BCUT2D eigenvalue weighted by Crippen LogP contribution is 2.03. The highest BCUT2D eigenvalue weighted by Gasteiger charge is 2.04. The number of aromatic nitrogens is 2.